The highest BCUT2D eigenvalue weighted by molar-refractivity contribution is 5.34. The maximum Gasteiger partial charge on any atom is 0.122 e. The highest BCUT2D eigenvalue weighted by Crippen LogP contribution is 2.20. The summed E-state index contributed by atoms with van der Waals surface area (Å²) in [6.45, 7) is 6.20. The quantitative estimate of drug-likeness (QED) is 0.811. The number of benzene rings is 1. The third-order valence-corrected chi connectivity index (χ3v) is 3.72. The van der Waals surface area contributed by atoms with E-state index in [1.54, 1.807) is 7.11 Å². The second kappa shape index (κ2) is 7.84. The normalized spacial score (nSPS) is 12.3. The lowest BCUT2D eigenvalue weighted by atomic mass is 10.0. The number of hydrogen-bond acceptors (Lipinski definition) is 3. The van der Waals surface area contributed by atoms with E-state index >= 15 is 0 Å². The zero-order chi connectivity index (χ0) is 15.1. The van der Waals surface area contributed by atoms with Crippen molar-refractivity contribution in [3.63, 3.8) is 0 Å². The fourth-order valence-corrected chi connectivity index (χ4v) is 2.68. The van der Waals surface area contributed by atoms with E-state index < -0.39 is 0 Å². The van der Waals surface area contributed by atoms with E-state index in [9.17, 15) is 0 Å². The van der Waals surface area contributed by atoms with Gasteiger partial charge in [0.25, 0.3) is 0 Å². The smallest absolute Gasteiger partial charge is 0.122 e. The van der Waals surface area contributed by atoms with Crippen LogP contribution in [0.1, 0.15) is 25.2 Å². The second-order valence-corrected chi connectivity index (χ2v) is 5.10. The summed E-state index contributed by atoms with van der Waals surface area (Å²) >= 11 is 0. The van der Waals surface area contributed by atoms with Gasteiger partial charge in [-0.2, -0.15) is 0 Å². The molecule has 0 bridgehead atoms. The molecule has 4 heteroatoms. The standard InChI is InChI=1S/C17H25N3O/c1-4-18-15(13-17-19-10-11-20(17)5-2)12-14-8-6-7-9-16(14)21-3/h6-11,15,18H,4-5,12-13H2,1-3H3. The summed E-state index contributed by atoms with van der Waals surface area (Å²) in [5.41, 5.74) is 1.24. The van der Waals surface area contributed by atoms with E-state index in [0.29, 0.717) is 6.04 Å². The lowest BCUT2D eigenvalue weighted by Gasteiger charge is -2.19. The van der Waals surface area contributed by atoms with Crippen molar-refractivity contribution in [3.8, 4) is 5.75 Å². The van der Waals surface area contributed by atoms with Crippen molar-refractivity contribution in [1.82, 2.24) is 14.9 Å². The number of hydrogen-bond donors (Lipinski definition) is 1. The van der Waals surface area contributed by atoms with Crippen molar-refractivity contribution in [2.75, 3.05) is 13.7 Å². The Hall–Kier alpha value is -1.81. The average Bonchev–Trinajstić information content (AvgIpc) is 2.95. The number of imidazole rings is 1. The van der Waals surface area contributed by atoms with Crippen molar-refractivity contribution in [2.24, 2.45) is 0 Å². The molecule has 0 radical (unpaired) electrons. The topological polar surface area (TPSA) is 39.1 Å². The predicted octanol–water partition coefficient (Wildman–Crippen LogP) is 2.67. The van der Waals surface area contributed by atoms with Crippen molar-refractivity contribution >= 4 is 0 Å². The number of likely N-dealkylation sites (N-methyl/N-ethyl adjacent to an activating group) is 1. The molecule has 0 aliphatic carbocycles. The van der Waals surface area contributed by atoms with Crippen molar-refractivity contribution in [3.05, 3.63) is 48.0 Å². The van der Waals surface area contributed by atoms with Crippen LogP contribution in [0.15, 0.2) is 36.7 Å². The van der Waals surface area contributed by atoms with Crippen LogP contribution in [0, 0.1) is 0 Å². The number of ether oxygens (including phenoxy) is 1. The number of aryl methyl sites for hydroxylation is 1. The summed E-state index contributed by atoms with van der Waals surface area (Å²) in [5, 5.41) is 3.56. The Balaban J connectivity index is 2.12. The molecule has 114 valence electrons. The molecule has 2 aromatic rings. The number of aromatic nitrogens is 2. The molecule has 1 N–H and O–H groups in total. The van der Waals surface area contributed by atoms with Crippen molar-refractivity contribution < 1.29 is 4.74 Å². The molecule has 1 atom stereocenters. The van der Waals surface area contributed by atoms with Gasteiger partial charge >= 0.3 is 0 Å². The molecule has 2 rings (SSSR count). The Kier molecular flexibility index (Phi) is 5.81. The molecule has 1 unspecified atom stereocenters. The molecule has 0 amide bonds. The maximum atomic E-state index is 5.46. The molecule has 0 saturated heterocycles. The van der Waals surface area contributed by atoms with Gasteiger partial charge in [0.1, 0.15) is 11.6 Å². The molecular formula is C17H25N3O. The first-order chi connectivity index (χ1) is 10.3. The molecule has 0 aliphatic rings. The number of rotatable bonds is 8. The molecular weight excluding hydrogens is 262 g/mol. The van der Waals surface area contributed by atoms with Gasteiger partial charge in [0, 0.05) is 31.4 Å². The summed E-state index contributed by atoms with van der Waals surface area (Å²) in [7, 11) is 1.73. The van der Waals surface area contributed by atoms with E-state index in [4.69, 9.17) is 4.74 Å². The van der Waals surface area contributed by atoms with Crippen molar-refractivity contribution in [1.29, 1.82) is 0 Å². The van der Waals surface area contributed by atoms with Gasteiger partial charge in [-0.1, -0.05) is 25.1 Å². The summed E-state index contributed by atoms with van der Waals surface area (Å²) < 4.78 is 7.66. The van der Waals surface area contributed by atoms with E-state index in [0.717, 1.165) is 37.5 Å². The summed E-state index contributed by atoms with van der Waals surface area (Å²) in [6, 6.07) is 8.59. The molecule has 0 saturated carbocycles. The van der Waals surface area contributed by atoms with E-state index in [-0.39, 0.29) is 0 Å². The Morgan fingerprint density at radius 2 is 2.05 bits per heavy atom. The molecule has 0 fully saturated rings. The number of nitrogens with zero attached hydrogens (tertiary/aromatic N) is 2. The van der Waals surface area contributed by atoms with Gasteiger partial charge in [-0.05, 0) is 31.5 Å². The van der Waals surface area contributed by atoms with E-state index in [1.807, 2.05) is 24.5 Å². The minimum atomic E-state index is 0.360. The fourth-order valence-electron chi connectivity index (χ4n) is 2.68. The number of nitrogens with one attached hydrogen (secondary N) is 1. The zero-order valence-corrected chi connectivity index (χ0v) is 13.2. The van der Waals surface area contributed by atoms with Crippen LogP contribution in [0.3, 0.4) is 0 Å². The lowest BCUT2D eigenvalue weighted by Crippen LogP contribution is -2.34. The van der Waals surface area contributed by atoms with Crippen LogP contribution < -0.4 is 10.1 Å². The minimum absolute atomic E-state index is 0.360. The van der Waals surface area contributed by atoms with Gasteiger partial charge in [0.2, 0.25) is 0 Å². The highest BCUT2D eigenvalue weighted by Gasteiger charge is 2.14. The lowest BCUT2D eigenvalue weighted by molar-refractivity contribution is 0.404. The largest absolute Gasteiger partial charge is 0.496 e. The highest BCUT2D eigenvalue weighted by atomic mass is 16.5. The van der Waals surface area contributed by atoms with Gasteiger partial charge in [-0.3, -0.25) is 0 Å². The molecule has 1 aromatic carbocycles. The third-order valence-electron chi connectivity index (χ3n) is 3.72. The SMILES string of the molecule is CCNC(Cc1ccccc1OC)Cc1nccn1CC. The molecule has 21 heavy (non-hydrogen) atoms. The minimum Gasteiger partial charge on any atom is -0.496 e. The van der Waals surface area contributed by atoms with Crippen LogP contribution >= 0.6 is 0 Å². The fraction of sp³-hybridized carbons (Fsp3) is 0.471. The van der Waals surface area contributed by atoms with Crippen molar-refractivity contribution in [2.45, 2.75) is 39.3 Å². The van der Waals surface area contributed by atoms with Crippen LogP contribution in [-0.4, -0.2) is 29.2 Å². The van der Waals surface area contributed by atoms with Gasteiger partial charge < -0.3 is 14.6 Å². The van der Waals surface area contributed by atoms with Crippen LogP contribution in [0.25, 0.3) is 0 Å². The van der Waals surface area contributed by atoms with Gasteiger partial charge in [-0.25, -0.2) is 4.98 Å². The van der Waals surface area contributed by atoms with E-state index in [2.05, 4.69) is 40.8 Å². The Morgan fingerprint density at radius 1 is 1.24 bits per heavy atom. The van der Waals surface area contributed by atoms with Crippen LogP contribution in [0.5, 0.6) is 5.75 Å². The van der Waals surface area contributed by atoms with Crippen LogP contribution in [0.2, 0.25) is 0 Å². The predicted molar refractivity (Wildman–Crippen MR) is 85.8 cm³/mol. The second-order valence-electron chi connectivity index (χ2n) is 5.10. The molecule has 4 nitrogen and oxygen atoms in total. The number of methoxy groups -OCH3 is 1. The summed E-state index contributed by atoms with van der Waals surface area (Å²) in [4.78, 5) is 4.48. The van der Waals surface area contributed by atoms with Crippen LogP contribution in [0.4, 0.5) is 0 Å². The Labute approximate surface area is 127 Å². The average molecular weight is 287 g/mol. The first-order valence-corrected chi connectivity index (χ1v) is 7.63. The first kappa shape index (κ1) is 15.6. The van der Waals surface area contributed by atoms with Gasteiger partial charge in [0.15, 0.2) is 0 Å². The third kappa shape index (κ3) is 4.08. The molecule has 1 aromatic heterocycles. The maximum absolute atomic E-state index is 5.46. The monoisotopic (exact) mass is 287 g/mol. The number of para-hydroxylation sites is 1. The summed E-state index contributed by atoms with van der Waals surface area (Å²) in [5.74, 6) is 2.09. The molecule has 0 aliphatic heterocycles. The summed E-state index contributed by atoms with van der Waals surface area (Å²) in [6.07, 6.45) is 5.79. The Morgan fingerprint density at radius 3 is 2.76 bits per heavy atom. The zero-order valence-electron chi connectivity index (χ0n) is 13.2. The van der Waals surface area contributed by atoms with Gasteiger partial charge in [0.05, 0.1) is 7.11 Å². The molecule has 1 heterocycles. The molecule has 0 spiro atoms. The van der Waals surface area contributed by atoms with Gasteiger partial charge in [-0.15, -0.1) is 0 Å². The van der Waals surface area contributed by atoms with Crippen LogP contribution in [-0.2, 0) is 19.4 Å². The van der Waals surface area contributed by atoms with E-state index in [1.165, 1.54) is 5.56 Å². The Bertz CT molecular complexity index is 550. The first-order valence-electron chi connectivity index (χ1n) is 7.63.